The first kappa shape index (κ1) is 19.6. The highest BCUT2D eigenvalue weighted by atomic mass is 19.4. The van der Waals surface area contributed by atoms with Crippen molar-refractivity contribution in [3.63, 3.8) is 0 Å². The number of fused-ring (bicyclic) bond motifs is 1. The minimum Gasteiger partial charge on any atom is -0.435 e. The number of pyridine rings is 1. The van der Waals surface area contributed by atoms with Crippen LogP contribution in [0.3, 0.4) is 0 Å². The lowest BCUT2D eigenvalue weighted by molar-refractivity contribution is -0.145. The van der Waals surface area contributed by atoms with Crippen LogP contribution >= 0.6 is 0 Å². The SMILES string of the molecule is O=C1Nc2nccc(-c3cc(C(F)(F)F)n(C4CCNCC4)n3)c2[C@H](C(F)F)O1. The van der Waals surface area contributed by atoms with Gasteiger partial charge in [-0.3, -0.25) is 10.00 Å². The highest BCUT2D eigenvalue weighted by Crippen LogP contribution is 2.42. The van der Waals surface area contributed by atoms with Crippen LogP contribution < -0.4 is 10.6 Å². The number of carbonyl (C=O) groups excluding carboxylic acids is 1. The largest absolute Gasteiger partial charge is 0.435 e. The van der Waals surface area contributed by atoms with Crippen molar-refractivity contribution >= 4 is 11.9 Å². The van der Waals surface area contributed by atoms with E-state index in [1.807, 2.05) is 0 Å². The van der Waals surface area contributed by atoms with Crippen LogP contribution in [0.2, 0.25) is 0 Å². The third-order valence-electron chi connectivity index (χ3n) is 4.91. The van der Waals surface area contributed by atoms with Crippen molar-refractivity contribution in [2.45, 2.75) is 37.6 Å². The fourth-order valence-corrected chi connectivity index (χ4v) is 3.63. The first-order chi connectivity index (χ1) is 13.8. The van der Waals surface area contributed by atoms with E-state index in [0.29, 0.717) is 25.9 Å². The summed E-state index contributed by atoms with van der Waals surface area (Å²) >= 11 is 0. The number of cyclic esters (lactones) is 1. The molecule has 1 saturated heterocycles. The van der Waals surface area contributed by atoms with Gasteiger partial charge in [-0.1, -0.05) is 0 Å². The van der Waals surface area contributed by atoms with Crippen molar-refractivity contribution < 1.29 is 31.5 Å². The van der Waals surface area contributed by atoms with E-state index in [2.05, 4.69) is 25.5 Å². The zero-order chi connectivity index (χ0) is 20.8. The van der Waals surface area contributed by atoms with Gasteiger partial charge in [0, 0.05) is 11.8 Å². The van der Waals surface area contributed by atoms with Gasteiger partial charge in [0.15, 0.2) is 6.10 Å². The van der Waals surface area contributed by atoms with Crippen molar-refractivity contribution in [1.82, 2.24) is 20.1 Å². The van der Waals surface area contributed by atoms with Gasteiger partial charge in [-0.2, -0.15) is 18.3 Å². The van der Waals surface area contributed by atoms with Gasteiger partial charge in [0.2, 0.25) is 0 Å². The van der Waals surface area contributed by atoms with Crippen molar-refractivity contribution in [3.05, 3.63) is 29.6 Å². The molecule has 0 unspecified atom stereocenters. The Morgan fingerprint density at radius 1 is 1.24 bits per heavy atom. The molecular weight excluding hydrogens is 401 g/mol. The Labute approximate surface area is 161 Å². The highest BCUT2D eigenvalue weighted by Gasteiger charge is 2.40. The number of rotatable bonds is 3. The van der Waals surface area contributed by atoms with Gasteiger partial charge in [0.05, 0.1) is 17.3 Å². The second kappa shape index (κ2) is 7.25. The molecule has 7 nitrogen and oxygen atoms in total. The lowest BCUT2D eigenvalue weighted by atomic mass is 10.00. The molecule has 2 aliphatic rings. The Kier molecular flexibility index (Phi) is 4.89. The van der Waals surface area contributed by atoms with E-state index in [4.69, 9.17) is 0 Å². The number of nitrogens with one attached hydrogen (secondary N) is 2. The number of alkyl halides is 5. The van der Waals surface area contributed by atoms with Crippen LogP contribution in [-0.4, -0.2) is 40.4 Å². The third-order valence-corrected chi connectivity index (χ3v) is 4.91. The molecule has 1 fully saturated rings. The van der Waals surface area contributed by atoms with E-state index in [1.165, 1.54) is 12.3 Å². The number of aromatic nitrogens is 3. The van der Waals surface area contributed by atoms with Crippen molar-refractivity contribution in [2.75, 3.05) is 18.4 Å². The molecular formula is C17H16F5N5O2. The van der Waals surface area contributed by atoms with E-state index < -0.39 is 36.5 Å². The summed E-state index contributed by atoms with van der Waals surface area (Å²) in [5.41, 5.74) is -1.30. The Bertz CT molecular complexity index is 923. The number of halogens is 5. The summed E-state index contributed by atoms with van der Waals surface area (Å²) in [5, 5.41) is 9.39. The van der Waals surface area contributed by atoms with Crippen molar-refractivity contribution in [1.29, 1.82) is 0 Å². The van der Waals surface area contributed by atoms with Crippen LogP contribution in [0.25, 0.3) is 11.3 Å². The predicted octanol–water partition coefficient (Wildman–Crippen LogP) is 3.76. The van der Waals surface area contributed by atoms with Gasteiger partial charge in [-0.25, -0.2) is 18.6 Å². The molecule has 2 aromatic rings. The third kappa shape index (κ3) is 3.63. The van der Waals surface area contributed by atoms with Gasteiger partial charge in [0.25, 0.3) is 6.43 Å². The van der Waals surface area contributed by atoms with E-state index in [-0.39, 0.29) is 22.6 Å². The summed E-state index contributed by atoms with van der Waals surface area (Å²) in [5.74, 6) is -0.186. The normalized spacial score (nSPS) is 20.3. The van der Waals surface area contributed by atoms with E-state index in [1.54, 1.807) is 0 Å². The minimum atomic E-state index is -4.67. The molecule has 0 aromatic carbocycles. The van der Waals surface area contributed by atoms with Crippen LogP contribution in [0.5, 0.6) is 0 Å². The number of anilines is 1. The zero-order valence-corrected chi connectivity index (χ0v) is 14.8. The first-order valence-electron chi connectivity index (χ1n) is 8.88. The summed E-state index contributed by atoms with van der Waals surface area (Å²) in [6, 6.07) is 1.64. The van der Waals surface area contributed by atoms with Crippen LogP contribution in [0.1, 0.15) is 36.2 Å². The zero-order valence-electron chi connectivity index (χ0n) is 14.8. The van der Waals surface area contributed by atoms with Gasteiger partial charge in [-0.15, -0.1) is 0 Å². The number of piperidine rings is 1. The van der Waals surface area contributed by atoms with Crippen LogP contribution in [-0.2, 0) is 10.9 Å². The molecule has 12 heteroatoms. The van der Waals surface area contributed by atoms with Crippen LogP contribution in [0.15, 0.2) is 18.3 Å². The van der Waals surface area contributed by atoms with Gasteiger partial charge < -0.3 is 10.1 Å². The average molecular weight is 417 g/mol. The maximum Gasteiger partial charge on any atom is 0.433 e. The average Bonchev–Trinajstić information content (AvgIpc) is 3.13. The van der Waals surface area contributed by atoms with Crippen LogP contribution in [0.4, 0.5) is 32.6 Å². The molecule has 4 rings (SSSR count). The smallest absolute Gasteiger partial charge is 0.433 e. The van der Waals surface area contributed by atoms with Gasteiger partial charge in [0.1, 0.15) is 11.5 Å². The maximum atomic E-state index is 13.6. The number of carbonyl (C=O) groups is 1. The monoisotopic (exact) mass is 417 g/mol. The van der Waals surface area contributed by atoms with E-state index in [9.17, 15) is 26.7 Å². The second-order valence-electron chi connectivity index (χ2n) is 6.74. The lowest BCUT2D eigenvalue weighted by Crippen LogP contribution is -2.31. The molecule has 2 aromatic heterocycles. The first-order valence-corrected chi connectivity index (χ1v) is 8.88. The predicted molar refractivity (Wildman–Crippen MR) is 90.4 cm³/mol. The molecule has 1 amide bonds. The quantitative estimate of drug-likeness (QED) is 0.744. The summed E-state index contributed by atoms with van der Waals surface area (Å²) in [7, 11) is 0. The number of hydrogen-bond donors (Lipinski definition) is 2. The maximum absolute atomic E-state index is 13.6. The molecule has 1 atom stereocenters. The Morgan fingerprint density at radius 3 is 2.62 bits per heavy atom. The molecule has 0 aliphatic carbocycles. The molecule has 29 heavy (non-hydrogen) atoms. The molecule has 156 valence electrons. The standard InChI is InChI=1S/C17H16F5N5O2/c18-14(19)13-12-9(3-6-24-15(12)25-16(28)29-13)10-7-11(17(20,21)22)27(26-10)8-1-4-23-5-2-8/h3,6-8,13-14,23H,1-2,4-5H2,(H,24,25,28)/t13-/m1/s1. The summed E-state index contributed by atoms with van der Waals surface area (Å²) in [6.45, 7) is 1.10. The summed E-state index contributed by atoms with van der Waals surface area (Å²) in [6.07, 6.45) is -8.70. The fraction of sp³-hybridized carbons (Fsp3) is 0.471. The fourth-order valence-electron chi connectivity index (χ4n) is 3.63. The Hall–Kier alpha value is -2.76. The lowest BCUT2D eigenvalue weighted by Gasteiger charge is -2.26. The molecule has 0 radical (unpaired) electrons. The van der Waals surface area contributed by atoms with Crippen LogP contribution in [0, 0.1) is 0 Å². The molecule has 0 spiro atoms. The molecule has 0 saturated carbocycles. The topological polar surface area (TPSA) is 81.1 Å². The van der Waals surface area contributed by atoms with Gasteiger partial charge >= 0.3 is 12.3 Å². The summed E-state index contributed by atoms with van der Waals surface area (Å²) < 4.78 is 73.5. The minimum absolute atomic E-state index is 0.00140. The van der Waals surface area contributed by atoms with Gasteiger partial charge in [-0.05, 0) is 38.1 Å². The van der Waals surface area contributed by atoms with Crippen molar-refractivity contribution in [2.24, 2.45) is 0 Å². The number of ether oxygens (including phenoxy) is 1. The molecule has 2 aliphatic heterocycles. The number of hydrogen-bond acceptors (Lipinski definition) is 5. The molecule has 4 heterocycles. The Balaban J connectivity index is 1.85. The second-order valence-corrected chi connectivity index (χ2v) is 6.74. The number of amides is 1. The molecule has 2 N–H and O–H groups in total. The van der Waals surface area contributed by atoms with E-state index >= 15 is 0 Å². The number of nitrogens with zero attached hydrogens (tertiary/aromatic N) is 3. The highest BCUT2D eigenvalue weighted by molar-refractivity contribution is 5.89. The molecule has 0 bridgehead atoms. The van der Waals surface area contributed by atoms with E-state index in [0.717, 1.165) is 10.7 Å². The summed E-state index contributed by atoms with van der Waals surface area (Å²) in [4.78, 5) is 15.3. The van der Waals surface area contributed by atoms with Crippen molar-refractivity contribution in [3.8, 4) is 11.3 Å². The Morgan fingerprint density at radius 2 is 1.97 bits per heavy atom.